The van der Waals surface area contributed by atoms with Crippen molar-refractivity contribution >= 4 is 25.7 Å². The summed E-state index contributed by atoms with van der Waals surface area (Å²) in [5.41, 5.74) is 0. The molecule has 0 saturated heterocycles. The van der Waals surface area contributed by atoms with E-state index >= 15 is 0 Å². The number of aliphatic hydroxyl groups excluding tert-OH is 1. The lowest BCUT2D eigenvalue weighted by molar-refractivity contribution is -0.161. The summed E-state index contributed by atoms with van der Waals surface area (Å²) in [5.74, 6) is -1.47. The molecule has 0 radical (unpaired) electrons. The van der Waals surface area contributed by atoms with Gasteiger partial charge in [0.05, 0.1) is 19.8 Å². The number of rotatable bonds is 55. The van der Waals surface area contributed by atoms with E-state index < -0.39 is 57.8 Å². The molecule has 0 rings (SSSR count). The van der Waals surface area contributed by atoms with Crippen molar-refractivity contribution in [3.63, 3.8) is 0 Å². The fourth-order valence-corrected chi connectivity index (χ4v) is 8.97. The van der Waals surface area contributed by atoms with E-state index in [1.54, 1.807) is 0 Å². The van der Waals surface area contributed by atoms with Gasteiger partial charge in [0.2, 0.25) is 0 Å². The lowest BCUT2D eigenvalue weighted by atomic mass is 10.1. The fourth-order valence-electron chi connectivity index (χ4n) is 8.18. The summed E-state index contributed by atoms with van der Waals surface area (Å²) < 4.78 is 39.5. The van der Waals surface area contributed by atoms with E-state index in [4.69, 9.17) is 23.3 Å². The molecule has 0 heterocycles. The number of unbranched alkanes of at least 4 members (excludes halogenated alkanes) is 30. The molecule has 0 aliphatic heterocycles. The van der Waals surface area contributed by atoms with Gasteiger partial charge in [-0.3, -0.25) is 23.4 Å². The zero-order chi connectivity index (χ0) is 52.7. The third-order valence-corrected chi connectivity index (χ3v) is 13.7. The number of aliphatic hydroxyl groups is 1. The van der Waals surface area contributed by atoms with Gasteiger partial charge in [-0.05, 0) is 83.5 Å². The summed E-state index contributed by atoms with van der Waals surface area (Å²) in [5, 5.41) is 9.78. The maximum Gasteiger partial charge on any atom is 0.472 e. The lowest BCUT2D eigenvalue weighted by Crippen LogP contribution is -2.30. The van der Waals surface area contributed by atoms with Crippen LogP contribution in [0.2, 0.25) is 0 Å². The molecule has 0 saturated carbocycles. The summed E-state index contributed by atoms with van der Waals surface area (Å²) in [7, 11) is -4.74. The van der Waals surface area contributed by atoms with Crippen LogP contribution < -0.4 is 0 Å². The third kappa shape index (κ3) is 52.3. The number of hydrogen-bond acceptors (Lipinski definition) is 10. The minimum atomic E-state index is -4.74. The second-order valence-electron chi connectivity index (χ2n) is 19.8. The highest BCUT2D eigenvalue weighted by Gasteiger charge is 2.28. The van der Waals surface area contributed by atoms with Crippen LogP contribution in [-0.4, -0.2) is 66.5 Å². The molecule has 420 valence electrons. The Morgan fingerprint density at radius 1 is 0.389 bits per heavy atom. The smallest absolute Gasteiger partial charge is 0.462 e. The Morgan fingerprint density at radius 3 is 1.06 bits per heavy atom. The van der Waals surface area contributed by atoms with Gasteiger partial charge in [-0.1, -0.05) is 223 Å². The predicted octanol–water partition coefficient (Wildman–Crippen LogP) is 17.4. The first kappa shape index (κ1) is 69.4. The first-order valence-electron chi connectivity index (χ1n) is 29.5. The summed E-state index contributed by atoms with van der Waals surface area (Å²) in [6, 6.07) is 0. The van der Waals surface area contributed by atoms with Crippen molar-refractivity contribution in [1.29, 1.82) is 0 Å². The van der Waals surface area contributed by atoms with Gasteiger partial charge in [0.15, 0.2) is 6.10 Å². The van der Waals surface area contributed by atoms with Gasteiger partial charge in [-0.2, -0.15) is 0 Å². The Kier molecular flexibility index (Phi) is 52.7. The van der Waals surface area contributed by atoms with E-state index in [1.165, 1.54) is 128 Å². The standard InChI is InChI=1S/C60H109O11P/c1-4-7-10-13-16-19-21-23-25-27-28-30-31-33-35-38-40-43-46-49-58(62)67-53-57(71-60(64)51-48-45-42-39-36-34-32-29-26-24-22-20-17-14-11-8-5-2)55-69-72(65,66)68-54-56(52-61)70-59(63)50-47-44-41-37-18-15-12-9-6-3/h16-17,19-20,23-26,56-57,61H,4-15,18,21-22,27-55H2,1-3H3,(H,65,66)/b19-16-,20-17-,25-23-,26-24-. The Balaban J connectivity index is 4.70. The average molecular weight is 1040 g/mol. The van der Waals surface area contributed by atoms with E-state index in [0.717, 1.165) is 89.9 Å². The van der Waals surface area contributed by atoms with Gasteiger partial charge in [-0.15, -0.1) is 0 Å². The van der Waals surface area contributed by atoms with E-state index in [-0.39, 0.29) is 25.9 Å². The molecule has 2 N–H and O–H groups in total. The molecule has 0 fully saturated rings. The van der Waals surface area contributed by atoms with Crippen LogP contribution >= 0.6 is 7.82 Å². The van der Waals surface area contributed by atoms with Crippen LogP contribution in [0.15, 0.2) is 48.6 Å². The number of allylic oxidation sites excluding steroid dienone is 8. The molecule has 0 amide bonds. The summed E-state index contributed by atoms with van der Waals surface area (Å²) in [4.78, 5) is 48.5. The van der Waals surface area contributed by atoms with Gasteiger partial charge < -0.3 is 24.2 Å². The van der Waals surface area contributed by atoms with Crippen LogP contribution in [0, 0.1) is 0 Å². The van der Waals surface area contributed by atoms with Gasteiger partial charge in [0, 0.05) is 19.3 Å². The summed E-state index contributed by atoms with van der Waals surface area (Å²) >= 11 is 0. The van der Waals surface area contributed by atoms with E-state index in [9.17, 15) is 28.9 Å². The Bertz CT molecular complexity index is 1400. The lowest BCUT2D eigenvalue weighted by Gasteiger charge is -2.21. The highest BCUT2D eigenvalue weighted by Crippen LogP contribution is 2.43. The Labute approximate surface area is 441 Å². The molecule has 72 heavy (non-hydrogen) atoms. The SMILES string of the molecule is CCCCC/C=C\C/C=C\CCCCCCCCCCCC(=O)OCC(COP(=O)(O)OCC(CO)OC(=O)CCCCCCCCCCC)OC(=O)CCCCCCCCC/C=C\C/C=C\CCCCC. The molecule has 11 nitrogen and oxygen atoms in total. The van der Waals surface area contributed by atoms with Crippen molar-refractivity contribution in [2.24, 2.45) is 0 Å². The molecular weight excluding hydrogens is 928 g/mol. The van der Waals surface area contributed by atoms with Crippen LogP contribution in [0.3, 0.4) is 0 Å². The largest absolute Gasteiger partial charge is 0.472 e. The van der Waals surface area contributed by atoms with Gasteiger partial charge in [-0.25, -0.2) is 4.57 Å². The molecule has 0 aromatic rings. The minimum Gasteiger partial charge on any atom is -0.462 e. The Hall–Kier alpha value is -2.56. The molecule has 0 spiro atoms. The van der Waals surface area contributed by atoms with Crippen LogP contribution in [0.1, 0.15) is 278 Å². The van der Waals surface area contributed by atoms with Crippen molar-refractivity contribution in [1.82, 2.24) is 0 Å². The van der Waals surface area contributed by atoms with E-state index in [1.807, 2.05) is 0 Å². The fraction of sp³-hybridized carbons (Fsp3) is 0.817. The van der Waals surface area contributed by atoms with E-state index in [0.29, 0.717) is 19.3 Å². The average Bonchev–Trinajstić information content (AvgIpc) is 3.37. The quantitative estimate of drug-likeness (QED) is 0.0197. The maximum atomic E-state index is 12.9. The first-order chi connectivity index (χ1) is 35.2. The molecule has 0 aliphatic rings. The van der Waals surface area contributed by atoms with Gasteiger partial charge >= 0.3 is 25.7 Å². The molecule has 3 atom stereocenters. The molecule has 0 aliphatic carbocycles. The zero-order valence-electron chi connectivity index (χ0n) is 46.4. The van der Waals surface area contributed by atoms with Crippen LogP contribution in [0.5, 0.6) is 0 Å². The van der Waals surface area contributed by atoms with Crippen LogP contribution in [-0.2, 0) is 42.2 Å². The van der Waals surface area contributed by atoms with Crippen molar-refractivity contribution in [3.8, 4) is 0 Å². The Morgan fingerprint density at radius 2 is 0.681 bits per heavy atom. The van der Waals surface area contributed by atoms with Crippen molar-refractivity contribution < 1.29 is 52.2 Å². The predicted molar refractivity (Wildman–Crippen MR) is 298 cm³/mol. The first-order valence-corrected chi connectivity index (χ1v) is 31.0. The molecule has 12 heteroatoms. The highest BCUT2D eigenvalue weighted by atomic mass is 31.2. The highest BCUT2D eigenvalue weighted by molar-refractivity contribution is 7.47. The normalized spacial score (nSPS) is 13.7. The number of phosphoric ester groups is 1. The summed E-state index contributed by atoms with van der Waals surface area (Å²) in [6.07, 6.45) is 57.9. The van der Waals surface area contributed by atoms with Crippen LogP contribution in [0.25, 0.3) is 0 Å². The van der Waals surface area contributed by atoms with E-state index in [2.05, 4.69) is 69.4 Å². The van der Waals surface area contributed by atoms with Crippen LogP contribution in [0.4, 0.5) is 0 Å². The maximum absolute atomic E-state index is 12.9. The molecule has 3 unspecified atom stereocenters. The molecule has 0 bridgehead atoms. The number of carbonyl (C=O) groups excluding carboxylic acids is 3. The van der Waals surface area contributed by atoms with Crippen molar-refractivity contribution in [2.75, 3.05) is 26.4 Å². The van der Waals surface area contributed by atoms with Gasteiger partial charge in [0.25, 0.3) is 0 Å². The van der Waals surface area contributed by atoms with Crippen molar-refractivity contribution in [2.45, 2.75) is 290 Å². The number of carbonyl (C=O) groups is 3. The van der Waals surface area contributed by atoms with Crippen molar-refractivity contribution in [3.05, 3.63) is 48.6 Å². The number of esters is 3. The number of phosphoric acid groups is 1. The topological polar surface area (TPSA) is 155 Å². The second kappa shape index (κ2) is 54.7. The molecule has 0 aromatic heterocycles. The summed E-state index contributed by atoms with van der Waals surface area (Å²) in [6.45, 7) is 4.59. The number of ether oxygens (including phenoxy) is 3. The third-order valence-electron chi connectivity index (χ3n) is 12.7. The second-order valence-corrected chi connectivity index (χ2v) is 21.3. The molecular formula is C60H109O11P. The zero-order valence-corrected chi connectivity index (χ0v) is 47.3. The number of hydrogen-bond donors (Lipinski definition) is 2. The molecule has 0 aromatic carbocycles. The monoisotopic (exact) mass is 1040 g/mol. The minimum absolute atomic E-state index is 0.160. The van der Waals surface area contributed by atoms with Gasteiger partial charge in [0.1, 0.15) is 12.7 Å².